The van der Waals surface area contributed by atoms with E-state index in [1.165, 1.54) is 22.8 Å². The van der Waals surface area contributed by atoms with E-state index in [0.717, 1.165) is 12.1 Å². The zero-order valence-electron chi connectivity index (χ0n) is 13.6. The molecule has 0 aliphatic carbocycles. The Bertz CT molecular complexity index is 1120. The summed E-state index contributed by atoms with van der Waals surface area (Å²) in [7, 11) is -4.79. The first-order valence-corrected chi connectivity index (χ1v) is 9.06. The summed E-state index contributed by atoms with van der Waals surface area (Å²) >= 11 is 0. The number of aromatic nitrogens is 1. The van der Waals surface area contributed by atoms with Crippen LogP contribution in [0.1, 0.15) is 16.1 Å². The van der Waals surface area contributed by atoms with Gasteiger partial charge >= 0.3 is 12.3 Å². The van der Waals surface area contributed by atoms with Crippen LogP contribution in [0.25, 0.3) is 10.9 Å². The number of hydrogen-bond donors (Lipinski definition) is 2. The van der Waals surface area contributed by atoms with Crippen LogP contribution in [0, 0.1) is 0 Å². The lowest BCUT2D eigenvalue weighted by atomic mass is 10.2. The van der Waals surface area contributed by atoms with Crippen molar-refractivity contribution in [1.82, 2.24) is 9.29 Å². The molecule has 6 nitrogen and oxygen atoms in total. The van der Waals surface area contributed by atoms with Crippen molar-refractivity contribution < 1.29 is 31.5 Å². The second-order valence-corrected chi connectivity index (χ2v) is 7.41. The molecule has 2 N–H and O–H groups in total. The average Bonchev–Trinajstić information content (AvgIpc) is 2.92. The van der Waals surface area contributed by atoms with Gasteiger partial charge in [-0.2, -0.15) is 13.2 Å². The van der Waals surface area contributed by atoms with Gasteiger partial charge in [0.2, 0.25) is 10.0 Å². The van der Waals surface area contributed by atoms with Gasteiger partial charge in [-0.3, -0.25) is 0 Å². The Morgan fingerprint density at radius 1 is 1.07 bits per heavy atom. The van der Waals surface area contributed by atoms with E-state index in [2.05, 4.69) is 0 Å². The molecule has 3 aromatic rings. The highest BCUT2D eigenvalue weighted by atomic mass is 32.2. The van der Waals surface area contributed by atoms with E-state index >= 15 is 0 Å². The number of benzene rings is 2. The number of rotatable bonds is 5. The van der Waals surface area contributed by atoms with Gasteiger partial charge in [-0.1, -0.05) is 30.3 Å². The second-order valence-electron chi connectivity index (χ2n) is 5.73. The van der Waals surface area contributed by atoms with Gasteiger partial charge in [-0.25, -0.2) is 13.2 Å². The van der Waals surface area contributed by atoms with Crippen LogP contribution in [0.15, 0.2) is 59.5 Å². The number of para-hydroxylation sites is 1. The molecule has 0 saturated heterocycles. The molecule has 2 aromatic carbocycles. The first-order chi connectivity index (χ1) is 12.6. The molecule has 0 aliphatic heterocycles. The van der Waals surface area contributed by atoms with E-state index in [9.17, 15) is 31.5 Å². The average molecular weight is 398 g/mol. The summed E-state index contributed by atoms with van der Waals surface area (Å²) in [6.45, 7) is -0.0233. The first kappa shape index (κ1) is 18.9. The number of nitrogens with one attached hydrogen (secondary N) is 1. The van der Waals surface area contributed by atoms with E-state index in [1.807, 2.05) is 0 Å². The van der Waals surface area contributed by atoms with E-state index in [4.69, 9.17) is 0 Å². The van der Waals surface area contributed by atoms with E-state index in [1.54, 1.807) is 24.3 Å². The zero-order valence-corrected chi connectivity index (χ0v) is 14.4. The molecule has 142 valence electrons. The molecule has 27 heavy (non-hydrogen) atoms. The Labute approximate surface area is 151 Å². The quantitative estimate of drug-likeness (QED) is 0.646. The van der Waals surface area contributed by atoms with Gasteiger partial charge in [-0.05, 0) is 29.8 Å². The summed E-state index contributed by atoms with van der Waals surface area (Å²) in [6.07, 6.45) is -5.10. The highest BCUT2D eigenvalue weighted by Gasteiger charge is 2.34. The standard InChI is InChI=1S/C17H13F3N2O4S/c18-17(19,20)21-27(25,26)13-6-3-4-11(8-13)10-22-14-7-2-1-5-12(14)9-15(22)16(23)24/h1-9,21H,10H2,(H,23,24). The van der Waals surface area contributed by atoms with Crippen molar-refractivity contribution in [2.45, 2.75) is 17.7 Å². The number of fused-ring (bicyclic) bond motifs is 1. The fourth-order valence-electron chi connectivity index (χ4n) is 2.76. The van der Waals surface area contributed by atoms with Gasteiger partial charge in [0, 0.05) is 17.4 Å². The van der Waals surface area contributed by atoms with Crippen LogP contribution >= 0.6 is 0 Å². The van der Waals surface area contributed by atoms with E-state index in [0.29, 0.717) is 21.2 Å². The highest BCUT2D eigenvalue weighted by Crippen LogP contribution is 2.23. The molecule has 0 radical (unpaired) electrons. The lowest BCUT2D eigenvalue weighted by molar-refractivity contribution is -0.138. The molecule has 0 amide bonds. The predicted octanol–water partition coefficient (Wildman–Crippen LogP) is 3.19. The summed E-state index contributed by atoms with van der Waals surface area (Å²) in [5, 5.41) is 10.1. The highest BCUT2D eigenvalue weighted by molar-refractivity contribution is 7.89. The van der Waals surface area contributed by atoms with Crippen LogP contribution < -0.4 is 4.72 Å². The van der Waals surface area contributed by atoms with Crippen molar-refractivity contribution in [3.05, 3.63) is 65.9 Å². The minimum atomic E-state index is -5.10. The maximum absolute atomic E-state index is 12.4. The molecule has 0 spiro atoms. The number of nitrogens with zero attached hydrogens (tertiary/aromatic N) is 1. The molecule has 3 rings (SSSR count). The number of carboxylic acid groups (broad SMARTS) is 1. The van der Waals surface area contributed by atoms with Crippen molar-refractivity contribution in [3.63, 3.8) is 0 Å². The summed E-state index contributed by atoms with van der Waals surface area (Å²) in [4.78, 5) is 10.9. The van der Waals surface area contributed by atoms with Crippen LogP contribution in [0.4, 0.5) is 13.2 Å². The number of aromatic carboxylic acids is 1. The Hall–Kier alpha value is -2.85. The number of sulfonamides is 1. The lowest BCUT2D eigenvalue weighted by Crippen LogP contribution is -2.37. The molecule has 10 heteroatoms. The van der Waals surface area contributed by atoms with Crippen LogP contribution in [-0.4, -0.2) is 30.4 Å². The predicted molar refractivity (Wildman–Crippen MR) is 90.8 cm³/mol. The summed E-state index contributed by atoms with van der Waals surface area (Å²) < 4.78 is 63.0. The summed E-state index contributed by atoms with van der Waals surface area (Å²) in [5.74, 6) is -1.17. The van der Waals surface area contributed by atoms with Gasteiger partial charge < -0.3 is 9.67 Å². The third-order valence-electron chi connectivity index (χ3n) is 3.83. The molecule has 0 unspecified atom stereocenters. The molecule has 0 saturated carbocycles. The van der Waals surface area contributed by atoms with E-state index < -0.39 is 27.2 Å². The van der Waals surface area contributed by atoms with Gasteiger partial charge in [0.25, 0.3) is 0 Å². The largest absolute Gasteiger partial charge is 0.477 e. The van der Waals surface area contributed by atoms with E-state index in [-0.39, 0.29) is 12.2 Å². The van der Waals surface area contributed by atoms with Crippen molar-refractivity contribution >= 4 is 26.9 Å². The lowest BCUT2D eigenvalue weighted by Gasteiger charge is -2.12. The number of halogens is 3. The molecule has 0 bridgehead atoms. The maximum atomic E-state index is 12.4. The minimum Gasteiger partial charge on any atom is -0.477 e. The van der Waals surface area contributed by atoms with Crippen LogP contribution in [0.2, 0.25) is 0 Å². The second kappa shape index (κ2) is 6.71. The normalized spacial score (nSPS) is 12.4. The Kier molecular flexibility index (Phi) is 4.70. The van der Waals surface area contributed by atoms with Crippen molar-refractivity contribution in [1.29, 1.82) is 0 Å². The van der Waals surface area contributed by atoms with Crippen molar-refractivity contribution in [2.75, 3.05) is 0 Å². The van der Waals surface area contributed by atoms with Crippen LogP contribution in [0.5, 0.6) is 0 Å². The van der Waals surface area contributed by atoms with Gasteiger partial charge in [0.05, 0.1) is 4.90 Å². The van der Waals surface area contributed by atoms with Crippen LogP contribution in [-0.2, 0) is 16.6 Å². The Morgan fingerprint density at radius 2 is 1.78 bits per heavy atom. The van der Waals surface area contributed by atoms with Gasteiger partial charge in [0.15, 0.2) is 0 Å². The molecule has 0 aliphatic rings. The smallest absolute Gasteiger partial charge is 0.470 e. The third kappa shape index (κ3) is 4.12. The Balaban J connectivity index is 2.02. The first-order valence-electron chi connectivity index (χ1n) is 7.58. The minimum absolute atomic E-state index is 0.0159. The molecular weight excluding hydrogens is 385 g/mol. The van der Waals surface area contributed by atoms with Gasteiger partial charge in [-0.15, -0.1) is 4.72 Å². The Morgan fingerprint density at radius 3 is 2.44 bits per heavy atom. The number of hydrogen-bond acceptors (Lipinski definition) is 3. The maximum Gasteiger partial charge on any atom is 0.470 e. The fourth-order valence-corrected chi connectivity index (χ4v) is 3.75. The monoisotopic (exact) mass is 398 g/mol. The topological polar surface area (TPSA) is 88.4 Å². The zero-order chi connectivity index (χ0) is 19.8. The number of carbonyl (C=O) groups is 1. The molecular formula is C17H13F3N2O4S. The van der Waals surface area contributed by atoms with Gasteiger partial charge in [0.1, 0.15) is 5.69 Å². The molecule has 1 heterocycles. The number of alkyl halides is 3. The molecule has 0 fully saturated rings. The number of carboxylic acids is 1. The fraction of sp³-hybridized carbons (Fsp3) is 0.118. The summed E-state index contributed by atoms with van der Waals surface area (Å²) in [6, 6.07) is 13.3. The molecule has 1 aromatic heterocycles. The van der Waals surface area contributed by atoms with Crippen LogP contribution in [0.3, 0.4) is 0 Å². The molecule has 0 atom stereocenters. The third-order valence-corrected chi connectivity index (χ3v) is 5.20. The van der Waals surface area contributed by atoms with Crippen molar-refractivity contribution in [2.24, 2.45) is 0 Å². The summed E-state index contributed by atoms with van der Waals surface area (Å²) in [5.41, 5.74) is 0.929. The van der Waals surface area contributed by atoms with Crippen molar-refractivity contribution in [3.8, 4) is 0 Å². The SMILES string of the molecule is O=C(O)c1cc2ccccc2n1Cc1cccc(S(=O)(=O)NC(F)(F)F)c1.